The summed E-state index contributed by atoms with van der Waals surface area (Å²) in [4.78, 5) is 20.1. The van der Waals surface area contributed by atoms with Crippen LogP contribution in [0.25, 0.3) is 0 Å². The van der Waals surface area contributed by atoms with Crippen LogP contribution in [0.4, 0.5) is 0 Å². The van der Waals surface area contributed by atoms with Gasteiger partial charge in [0.2, 0.25) is 11.8 Å². The van der Waals surface area contributed by atoms with Crippen molar-refractivity contribution in [3.63, 3.8) is 0 Å². The molecule has 0 spiro atoms. The summed E-state index contributed by atoms with van der Waals surface area (Å²) in [5.74, 6) is 1.19. The number of hydrogen-bond acceptors (Lipinski definition) is 5. The van der Waals surface area contributed by atoms with Crippen LogP contribution >= 0.6 is 0 Å². The van der Waals surface area contributed by atoms with Crippen molar-refractivity contribution in [1.29, 1.82) is 0 Å². The van der Waals surface area contributed by atoms with Gasteiger partial charge >= 0.3 is 0 Å². The fourth-order valence-electron chi connectivity index (χ4n) is 1.03. The number of amides is 1. The second-order valence-electron chi connectivity index (χ2n) is 3.66. The number of hydrogen-bond donors (Lipinski definition) is 1. The smallest absolute Gasteiger partial charge is 0.244 e. The van der Waals surface area contributed by atoms with Gasteiger partial charge in [0, 0.05) is 18.8 Å². The molecule has 1 N–H and O–H groups in total. The second kappa shape index (κ2) is 6.22. The fraction of sp³-hybridized carbons (Fsp3) is 0.700. The minimum atomic E-state index is -0.189. The van der Waals surface area contributed by atoms with Crippen LogP contribution in [0.2, 0.25) is 0 Å². The van der Waals surface area contributed by atoms with E-state index in [4.69, 9.17) is 9.36 Å². The largest absolute Gasteiger partial charge is 0.339 e. The minimum absolute atomic E-state index is 0.189. The van der Waals surface area contributed by atoms with Crippen molar-refractivity contribution in [2.75, 3.05) is 6.61 Å². The van der Waals surface area contributed by atoms with Gasteiger partial charge < -0.3 is 4.52 Å². The van der Waals surface area contributed by atoms with Crippen molar-refractivity contribution in [3.05, 3.63) is 11.7 Å². The second-order valence-corrected chi connectivity index (χ2v) is 3.66. The van der Waals surface area contributed by atoms with Crippen molar-refractivity contribution in [2.24, 2.45) is 0 Å². The maximum Gasteiger partial charge on any atom is 0.244 e. The summed E-state index contributed by atoms with van der Waals surface area (Å²) < 4.78 is 5.00. The number of nitrogens with zero attached hydrogens (tertiary/aromatic N) is 2. The molecular weight excluding hydrogens is 210 g/mol. The summed E-state index contributed by atoms with van der Waals surface area (Å²) in [7, 11) is 0. The van der Waals surface area contributed by atoms with E-state index in [1.807, 2.05) is 13.8 Å². The summed E-state index contributed by atoms with van der Waals surface area (Å²) in [5, 5.41) is 3.81. The van der Waals surface area contributed by atoms with Gasteiger partial charge in [0.05, 0.1) is 6.61 Å². The van der Waals surface area contributed by atoms with Crippen LogP contribution in [0, 0.1) is 0 Å². The molecule has 0 fully saturated rings. The van der Waals surface area contributed by atoms with Crippen LogP contribution in [0.3, 0.4) is 0 Å². The third-order valence-electron chi connectivity index (χ3n) is 1.90. The van der Waals surface area contributed by atoms with Gasteiger partial charge in [-0.3, -0.25) is 9.63 Å². The molecule has 0 saturated carbocycles. The normalized spacial score (nSPS) is 10.8. The molecule has 16 heavy (non-hydrogen) atoms. The lowest BCUT2D eigenvalue weighted by Crippen LogP contribution is -2.23. The summed E-state index contributed by atoms with van der Waals surface area (Å²) >= 11 is 0. The van der Waals surface area contributed by atoms with Crippen molar-refractivity contribution in [1.82, 2.24) is 15.6 Å². The third kappa shape index (κ3) is 3.98. The lowest BCUT2D eigenvalue weighted by molar-refractivity contribution is -0.133. The third-order valence-corrected chi connectivity index (χ3v) is 1.90. The van der Waals surface area contributed by atoms with Crippen molar-refractivity contribution in [2.45, 2.75) is 39.5 Å². The number of rotatable bonds is 6. The zero-order valence-electron chi connectivity index (χ0n) is 9.82. The van der Waals surface area contributed by atoms with Gasteiger partial charge in [0.1, 0.15) is 0 Å². The van der Waals surface area contributed by atoms with E-state index in [0.29, 0.717) is 24.7 Å². The lowest BCUT2D eigenvalue weighted by atomic mass is 10.2. The van der Waals surface area contributed by atoms with Crippen LogP contribution in [0.15, 0.2) is 4.52 Å². The van der Waals surface area contributed by atoms with E-state index in [0.717, 1.165) is 0 Å². The predicted octanol–water partition coefficient (Wildman–Crippen LogP) is 1.19. The molecule has 0 aliphatic heterocycles. The predicted molar refractivity (Wildman–Crippen MR) is 56.5 cm³/mol. The molecule has 6 nitrogen and oxygen atoms in total. The highest BCUT2D eigenvalue weighted by Gasteiger charge is 2.11. The Hall–Kier alpha value is -1.43. The number of carbonyl (C=O) groups excluding carboxylic acids is 1. The average Bonchev–Trinajstić information content (AvgIpc) is 2.72. The first kappa shape index (κ1) is 12.6. The van der Waals surface area contributed by atoms with Crippen molar-refractivity contribution >= 4 is 5.91 Å². The zero-order valence-corrected chi connectivity index (χ0v) is 9.82. The SMILES string of the molecule is CCONC(=O)CCc1nc(C(C)C)no1. The molecule has 0 aliphatic carbocycles. The first-order valence-electron chi connectivity index (χ1n) is 5.36. The van der Waals surface area contributed by atoms with Gasteiger partial charge in [-0.1, -0.05) is 19.0 Å². The van der Waals surface area contributed by atoms with Crippen LogP contribution in [-0.2, 0) is 16.1 Å². The number of nitrogens with one attached hydrogen (secondary N) is 1. The molecule has 0 bridgehead atoms. The Labute approximate surface area is 94.3 Å². The van der Waals surface area contributed by atoms with Gasteiger partial charge in [0.15, 0.2) is 5.82 Å². The quantitative estimate of drug-likeness (QED) is 0.739. The molecular formula is C10H17N3O3. The molecule has 1 aromatic rings. The average molecular weight is 227 g/mol. The molecule has 1 heterocycles. The van der Waals surface area contributed by atoms with Crippen LogP contribution in [0.5, 0.6) is 0 Å². The summed E-state index contributed by atoms with van der Waals surface area (Å²) in [6.07, 6.45) is 0.707. The minimum Gasteiger partial charge on any atom is -0.339 e. The van der Waals surface area contributed by atoms with E-state index in [2.05, 4.69) is 15.6 Å². The molecule has 0 aliphatic rings. The van der Waals surface area contributed by atoms with E-state index < -0.39 is 0 Å². The Kier molecular flexibility index (Phi) is 4.91. The topological polar surface area (TPSA) is 77.2 Å². The highest BCUT2D eigenvalue weighted by atomic mass is 16.6. The highest BCUT2D eigenvalue weighted by molar-refractivity contribution is 5.74. The van der Waals surface area contributed by atoms with E-state index in [1.165, 1.54) is 0 Å². The van der Waals surface area contributed by atoms with E-state index in [9.17, 15) is 4.79 Å². The van der Waals surface area contributed by atoms with Gasteiger partial charge in [-0.05, 0) is 6.92 Å². The van der Waals surface area contributed by atoms with Gasteiger partial charge in [0.25, 0.3) is 0 Å². The molecule has 1 amide bonds. The van der Waals surface area contributed by atoms with Crippen molar-refractivity contribution in [3.8, 4) is 0 Å². The molecule has 0 saturated heterocycles. The number of aryl methyl sites for hydroxylation is 1. The molecule has 0 aromatic carbocycles. The van der Waals surface area contributed by atoms with Crippen LogP contribution in [0.1, 0.15) is 44.8 Å². The van der Waals surface area contributed by atoms with E-state index in [1.54, 1.807) is 6.92 Å². The summed E-state index contributed by atoms with van der Waals surface area (Å²) in [5.41, 5.74) is 2.30. The Morgan fingerprint density at radius 2 is 2.31 bits per heavy atom. The number of hydroxylamine groups is 1. The maximum absolute atomic E-state index is 11.2. The summed E-state index contributed by atoms with van der Waals surface area (Å²) in [6.45, 7) is 6.21. The Morgan fingerprint density at radius 3 is 2.88 bits per heavy atom. The first-order chi connectivity index (χ1) is 7.63. The number of aromatic nitrogens is 2. The van der Waals surface area contributed by atoms with Crippen LogP contribution < -0.4 is 5.48 Å². The van der Waals surface area contributed by atoms with E-state index in [-0.39, 0.29) is 18.2 Å². The molecule has 6 heteroatoms. The summed E-state index contributed by atoms with van der Waals surface area (Å²) in [6, 6.07) is 0. The van der Waals surface area contributed by atoms with Gasteiger partial charge in [-0.25, -0.2) is 5.48 Å². The molecule has 90 valence electrons. The maximum atomic E-state index is 11.2. The monoisotopic (exact) mass is 227 g/mol. The molecule has 1 aromatic heterocycles. The highest BCUT2D eigenvalue weighted by Crippen LogP contribution is 2.10. The Morgan fingerprint density at radius 1 is 1.56 bits per heavy atom. The Balaban J connectivity index is 2.33. The molecule has 0 atom stereocenters. The van der Waals surface area contributed by atoms with Crippen LogP contribution in [-0.4, -0.2) is 22.7 Å². The fourth-order valence-corrected chi connectivity index (χ4v) is 1.03. The van der Waals surface area contributed by atoms with E-state index >= 15 is 0 Å². The molecule has 0 unspecified atom stereocenters. The molecule has 1 rings (SSSR count). The standard InChI is InChI=1S/C10H17N3O3/c1-4-15-12-8(14)5-6-9-11-10(7(2)3)13-16-9/h7H,4-6H2,1-3H3,(H,12,14). The lowest BCUT2D eigenvalue weighted by Gasteiger charge is -2.01. The van der Waals surface area contributed by atoms with Crippen molar-refractivity contribution < 1.29 is 14.2 Å². The van der Waals surface area contributed by atoms with Gasteiger partial charge in [-0.15, -0.1) is 0 Å². The first-order valence-corrected chi connectivity index (χ1v) is 5.36. The van der Waals surface area contributed by atoms with Gasteiger partial charge in [-0.2, -0.15) is 4.98 Å². The number of carbonyl (C=O) groups is 1. The molecule has 0 radical (unpaired) electrons. The zero-order chi connectivity index (χ0) is 12.0. The Bertz CT molecular complexity index is 336.